The molecule has 0 saturated carbocycles. The number of carbonyl (C=O) groups excluding carboxylic acids is 1. The minimum absolute atomic E-state index is 0.0469. The molecule has 31 heavy (non-hydrogen) atoms. The molecule has 7 nitrogen and oxygen atoms in total. The summed E-state index contributed by atoms with van der Waals surface area (Å²) in [5.41, 5.74) is 3.05. The standard InChI is InChI=1S/C24H21N3O4/c1-16(27-25-15-17-7-13-20(31-2)14-8-17)18-9-11-19(12-10-18)26-23(28)21-5-3-4-6-22(21)24(29)30/h3-15H,1-2H3,(H,26,28)(H,29,30)/b25-15+,27-16+. The van der Waals surface area contributed by atoms with E-state index in [4.69, 9.17) is 4.74 Å². The van der Waals surface area contributed by atoms with Gasteiger partial charge in [-0.25, -0.2) is 4.79 Å². The molecule has 0 aliphatic rings. The normalized spacial score (nSPS) is 11.4. The van der Waals surface area contributed by atoms with Gasteiger partial charge in [-0.2, -0.15) is 10.2 Å². The lowest BCUT2D eigenvalue weighted by atomic mass is 10.1. The summed E-state index contributed by atoms with van der Waals surface area (Å²) < 4.78 is 5.12. The summed E-state index contributed by atoms with van der Waals surface area (Å²) in [6, 6.07) is 20.6. The lowest BCUT2D eigenvalue weighted by Crippen LogP contribution is -2.16. The molecule has 3 rings (SSSR count). The molecule has 0 unspecified atom stereocenters. The van der Waals surface area contributed by atoms with E-state index < -0.39 is 11.9 Å². The van der Waals surface area contributed by atoms with Crippen molar-refractivity contribution in [2.75, 3.05) is 12.4 Å². The van der Waals surface area contributed by atoms with Gasteiger partial charge >= 0.3 is 5.97 Å². The molecular weight excluding hydrogens is 394 g/mol. The topological polar surface area (TPSA) is 100 Å². The first kappa shape index (κ1) is 21.4. The molecule has 1 amide bonds. The number of hydrogen-bond donors (Lipinski definition) is 2. The van der Waals surface area contributed by atoms with Gasteiger partial charge in [-0.05, 0) is 66.6 Å². The first-order valence-corrected chi connectivity index (χ1v) is 9.43. The molecule has 0 saturated heterocycles. The van der Waals surface area contributed by atoms with E-state index in [2.05, 4.69) is 15.5 Å². The molecule has 3 aromatic carbocycles. The van der Waals surface area contributed by atoms with Crippen molar-refractivity contribution in [1.82, 2.24) is 0 Å². The number of hydrogen-bond acceptors (Lipinski definition) is 5. The van der Waals surface area contributed by atoms with Crippen molar-refractivity contribution in [3.8, 4) is 5.75 Å². The highest BCUT2D eigenvalue weighted by atomic mass is 16.5. The van der Waals surface area contributed by atoms with Crippen LogP contribution in [0.3, 0.4) is 0 Å². The summed E-state index contributed by atoms with van der Waals surface area (Å²) in [7, 11) is 1.61. The third-order valence-corrected chi connectivity index (χ3v) is 4.49. The van der Waals surface area contributed by atoms with Crippen molar-refractivity contribution in [3.05, 3.63) is 95.1 Å². The second kappa shape index (κ2) is 9.98. The Kier molecular flexibility index (Phi) is 6.90. The molecule has 0 aliphatic heterocycles. The van der Waals surface area contributed by atoms with Gasteiger partial charge in [0.2, 0.25) is 0 Å². The third-order valence-electron chi connectivity index (χ3n) is 4.49. The monoisotopic (exact) mass is 415 g/mol. The molecule has 0 aromatic heterocycles. The predicted octanol–water partition coefficient (Wildman–Crippen LogP) is 4.49. The largest absolute Gasteiger partial charge is 0.497 e. The van der Waals surface area contributed by atoms with Gasteiger partial charge in [0, 0.05) is 5.69 Å². The maximum absolute atomic E-state index is 12.4. The molecule has 0 atom stereocenters. The molecule has 156 valence electrons. The molecule has 0 spiro atoms. The van der Waals surface area contributed by atoms with E-state index in [0.29, 0.717) is 11.4 Å². The van der Waals surface area contributed by atoms with Crippen molar-refractivity contribution in [1.29, 1.82) is 0 Å². The van der Waals surface area contributed by atoms with Gasteiger partial charge in [-0.15, -0.1) is 0 Å². The summed E-state index contributed by atoms with van der Waals surface area (Å²) in [5, 5.41) is 20.3. The van der Waals surface area contributed by atoms with Crippen LogP contribution in [0.4, 0.5) is 5.69 Å². The second-order valence-corrected chi connectivity index (χ2v) is 6.59. The summed E-state index contributed by atoms with van der Waals surface area (Å²) in [5.74, 6) is -0.862. The summed E-state index contributed by atoms with van der Waals surface area (Å²) in [6.45, 7) is 1.84. The maximum atomic E-state index is 12.4. The zero-order valence-corrected chi connectivity index (χ0v) is 17.1. The summed E-state index contributed by atoms with van der Waals surface area (Å²) in [4.78, 5) is 23.7. The van der Waals surface area contributed by atoms with Gasteiger partial charge < -0.3 is 15.2 Å². The highest BCUT2D eigenvalue weighted by molar-refractivity contribution is 6.10. The van der Waals surface area contributed by atoms with Crippen LogP contribution in [0.1, 0.15) is 38.8 Å². The van der Waals surface area contributed by atoms with E-state index in [1.165, 1.54) is 12.1 Å². The van der Waals surface area contributed by atoms with E-state index in [1.54, 1.807) is 49.7 Å². The quantitative estimate of drug-likeness (QED) is 0.439. The second-order valence-electron chi connectivity index (χ2n) is 6.59. The highest BCUT2D eigenvalue weighted by Crippen LogP contribution is 2.15. The Balaban J connectivity index is 1.66. The fourth-order valence-corrected chi connectivity index (χ4v) is 2.79. The van der Waals surface area contributed by atoms with Crippen molar-refractivity contribution in [2.45, 2.75) is 6.92 Å². The number of carboxylic acid groups (broad SMARTS) is 1. The van der Waals surface area contributed by atoms with Crippen molar-refractivity contribution in [2.24, 2.45) is 10.2 Å². The van der Waals surface area contributed by atoms with E-state index in [0.717, 1.165) is 16.9 Å². The van der Waals surface area contributed by atoms with Crippen LogP contribution in [-0.2, 0) is 0 Å². The molecule has 0 bridgehead atoms. The predicted molar refractivity (Wildman–Crippen MR) is 121 cm³/mol. The molecule has 0 radical (unpaired) electrons. The van der Waals surface area contributed by atoms with Crippen LogP contribution < -0.4 is 10.1 Å². The average molecular weight is 415 g/mol. The van der Waals surface area contributed by atoms with E-state index in [-0.39, 0.29) is 11.1 Å². The van der Waals surface area contributed by atoms with Crippen LogP contribution in [0.5, 0.6) is 5.75 Å². The fraction of sp³-hybridized carbons (Fsp3) is 0.0833. The lowest BCUT2D eigenvalue weighted by Gasteiger charge is -2.08. The SMILES string of the molecule is COc1ccc(/C=N/N=C(\C)c2ccc(NC(=O)c3ccccc3C(=O)O)cc2)cc1. The van der Waals surface area contributed by atoms with Gasteiger partial charge in [0.25, 0.3) is 5.91 Å². The number of amides is 1. The van der Waals surface area contributed by atoms with Crippen LogP contribution in [0.2, 0.25) is 0 Å². The first-order chi connectivity index (χ1) is 15.0. The number of aromatic carboxylic acids is 1. The third kappa shape index (κ3) is 5.63. The Morgan fingerprint density at radius 2 is 1.58 bits per heavy atom. The number of nitrogens with zero attached hydrogens (tertiary/aromatic N) is 2. The van der Waals surface area contributed by atoms with E-state index in [9.17, 15) is 14.7 Å². The number of carbonyl (C=O) groups is 2. The molecule has 2 N–H and O–H groups in total. The zero-order valence-electron chi connectivity index (χ0n) is 17.1. The van der Waals surface area contributed by atoms with Gasteiger partial charge in [0.15, 0.2) is 0 Å². The minimum atomic E-state index is -1.15. The summed E-state index contributed by atoms with van der Waals surface area (Å²) in [6.07, 6.45) is 1.65. The van der Waals surface area contributed by atoms with Gasteiger partial charge in [0.05, 0.1) is 30.2 Å². The van der Waals surface area contributed by atoms with Gasteiger partial charge in [-0.1, -0.05) is 24.3 Å². The smallest absolute Gasteiger partial charge is 0.336 e. The minimum Gasteiger partial charge on any atom is -0.497 e. The average Bonchev–Trinajstić information content (AvgIpc) is 2.80. The Morgan fingerprint density at radius 1 is 0.935 bits per heavy atom. The van der Waals surface area contributed by atoms with Crippen LogP contribution >= 0.6 is 0 Å². The number of benzene rings is 3. The van der Waals surface area contributed by atoms with E-state index in [1.807, 2.05) is 31.2 Å². The highest BCUT2D eigenvalue weighted by Gasteiger charge is 2.15. The van der Waals surface area contributed by atoms with Crippen molar-refractivity contribution >= 4 is 29.5 Å². The van der Waals surface area contributed by atoms with Crippen LogP contribution in [0.15, 0.2) is 83.0 Å². The molecule has 0 heterocycles. The molecular formula is C24H21N3O4. The molecule has 7 heteroatoms. The Labute approximate surface area is 179 Å². The van der Waals surface area contributed by atoms with Crippen LogP contribution in [0, 0.1) is 0 Å². The number of anilines is 1. The molecule has 0 fully saturated rings. The van der Waals surface area contributed by atoms with Gasteiger partial charge in [-0.3, -0.25) is 4.79 Å². The van der Waals surface area contributed by atoms with Crippen molar-refractivity contribution < 1.29 is 19.4 Å². The van der Waals surface area contributed by atoms with Gasteiger partial charge in [0.1, 0.15) is 5.75 Å². The van der Waals surface area contributed by atoms with Crippen LogP contribution in [0.25, 0.3) is 0 Å². The summed E-state index contributed by atoms with van der Waals surface area (Å²) >= 11 is 0. The lowest BCUT2D eigenvalue weighted by molar-refractivity contribution is 0.0692. The number of rotatable bonds is 7. The zero-order chi connectivity index (χ0) is 22.2. The number of ether oxygens (including phenoxy) is 1. The van der Waals surface area contributed by atoms with Crippen molar-refractivity contribution in [3.63, 3.8) is 0 Å². The Hall–Kier alpha value is -4.26. The maximum Gasteiger partial charge on any atom is 0.336 e. The Morgan fingerprint density at radius 3 is 2.19 bits per heavy atom. The first-order valence-electron chi connectivity index (χ1n) is 9.43. The molecule has 3 aromatic rings. The number of nitrogens with one attached hydrogen (secondary N) is 1. The molecule has 0 aliphatic carbocycles. The Bertz CT molecular complexity index is 1130. The fourth-order valence-electron chi connectivity index (χ4n) is 2.79. The number of carboxylic acids is 1. The van der Waals surface area contributed by atoms with Crippen LogP contribution in [-0.4, -0.2) is 36.0 Å². The van der Waals surface area contributed by atoms with E-state index >= 15 is 0 Å². The number of methoxy groups -OCH3 is 1.